The van der Waals surface area contributed by atoms with Gasteiger partial charge in [0.25, 0.3) is 5.91 Å². The third-order valence-electron chi connectivity index (χ3n) is 4.15. The maximum absolute atomic E-state index is 13.6. The van der Waals surface area contributed by atoms with E-state index in [0.29, 0.717) is 14.4 Å². The highest BCUT2D eigenvalue weighted by molar-refractivity contribution is 7.13. The fraction of sp³-hybridized carbons (Fsp3) is 0.105. The number of carbonyl (C=O) groups is 1. The molecule has 4 aromatic rings. The molecular formula is C19H12ClF3N4OS. The van der Waals surface area contributed by atoms with Gasteiger partial charge in [-0.2, -0.15) is 18.3 Å². The van der Waals surface area contributed by atoms with E-state index in [2.05, 4.69) is 15.4 Å². The summed E-state index contributed by atoms with van der Waals surface area (Å²) >= 11 is 7.09. The van der Waals surface area contributed by atoms with Crippen LogP contribution in [0.25, 0.3) is 16.2 Å². The summed E-state index contributed by atoms with van der Waals surface area (Å²) in [5.74, 6) is -0.570. The molecule has 0 aliphatic heterocycles. The Morgan fingerprint density at radius 1 is 1.21 bits per heavy atom. The molecule has 4 rings (SSSR count). The first-order valence-corrected chi connectivity index (χ1v) is 9.61. The molecular weight excluding hydrogens is 425 g/mol. The maximum Gasteiger partial charge on any atom is 0.433 e. The smallest absolute Gasteiger partial charge is 0.348 e. The number of rotatable bonds is 4. The first kappa shape index (κ1) is 19.4. The van der Waals surface area contributed by atoms with Crippen LogP contribution < -0.4 is 5.32 Å². The number of hydrogen-bond acceptors (Lipinski definition) is 4. The maximum atomic E-state index is 13.6. The molecule has 0 spiro atoms. The fourth-order valence-electron chi connectivity index (χ4n) is 2.76. The second-order valence-electron chi connectivity index (χ2n) is 6.10. The van der Waals surface area contributed by atoms with Gasteiger partial charge in [0, 0.05) is 11.6 Å². The van der Waals surface area contributed by atoms with E-state index in [1.165, 1.54) is 11.3 Å². The van der Waals surface area contributed by atoms with Crippen LogP contribution in [0.4, 0.5) is 13.2 Å². The predicted octanol–water partition coefficient (Wildman–Crippen LogP) is 5.06. The number of alkyl halides is 3. The Morgan fingerprint density at radius 3 is 2.62 bits per heavy atom. The molecule has 0 unspecified atom stereocenters. The average Bonchev–Trinajstić information content (AvgIpc) is 3.35. The number of fused-ring (bicyclic) bond motifs is 1. The van der Waals surface area contributed by atoms with Crippen LogP contribution in [0.15, 0.2) is 54.0 Å². The number of thiophene rings is 1. The molecule has 0 radical (unpaired) electrons. The molecule has 0 bridgehead atoms. The van der Waals surface area contributed by atoms with E-state index in [1.807, 2.05) is 0 Å². The van der Waals surface area contributed by atoms with Crippen LogP contribution in [0.3, 0.4) is 0 Å². The molecule has 3 aromatic heterocycles. The Labute approximate surface area is 171 Å². The third-order valence-corrected chi connectivity index (χ3v) is 5.29. The third kappa shape index (κ3) is 3.96. The van der Waals surface area contributed by atoms with Gasteiger partial charge in [-0.05, 0) is 35.2 Å². The van der Waals surface area contributed by atoms with Gasteiger partial charge in [0.2, 0.25) is 0 Å². The van der Waals surface area contributed by atoms with Crippen molar-refractivity contribution in [1.29, 1.82) is 0 Å². The number of halogens is 4. The number of carbonyl (C=O) groups excluding carboxylic acids is 1. The molecule has 0 aliphatic carbocycles. The van der Waals surface area contributed by atoms with E-state index in [-0.39, 0.29) is 23.4 Å². The zero-order chi connectivity index (χ0) is 20.6. The second kappa shape index (κ2) is 7.49. The van der Waals surface area contributed by atoms with Crippen molar-refractivity contribution >= 4 is 34.5 Å². The van der Waals surface area contributed by atoms with Crippen molar-refractivity contribution in [3.63, 3.8) is 0 Å². The Morgan fingerprint density at radius 2 is 1.97 bits per heavy atom. The lowest BCUT2D eigenvalue weighted by molar-refractivity contribution is -0.142. The summed E-state index contributed by atoms with van der Waals surface area (Å²) < 4.78 is 41.3. The summed E-state index contributed by atoms with van der Waals surface area (Å²) in [7, 11) is 0. The van der Waals surface area contributed by atoms with Gasteiger partial charge < -0.3 is 5.32 Å². The number of benzene rings is 1. The van der Waals surface area contributed by atoms with Crippen LogP contribution in [-0.2, 0) is 12.7 Å². The number of nitrogens with one attached hydrogen (secondary N) is 1. The lowest BCUT2D eigenvalue weighted by atomic mass is 10.2. The van der Waals surface area contributed by atoms with Crippen LogP contribution >= 0.6 is 22.9 Å². The van der Waals surface area contributed by atoms with Gasteiger partial charge in [0.05, 0.1) is 16.8 Å². The molecule has 0 aliphatic rings. The van der Waals surface area contributed by atoms with Crippen LogP contribution in [0.5, 0.6) is 0 Å². The standard InChI is InChI=1S/C19H12ClF3N4OS/c20-12-5-3-11(4-6-12)9-24-18(28)13-10-25-27-16(19(21,22)23)8-14(26-17(13)27)15-2-1-7-29-15/h1-8,10H,9H2,(H,24,28). The van der Waals surface area contributed by atoms with E-state index in [1.54, 1.807) is 41.8 Å². The van der Waals surface area contributed by atoms with Gasteiger partial charge in [-0.3, -0.25) is 4.79 Å². The van der Waals surface area contributed by atoms with Crippen LogP contribution in [0.1, 0.15) is 21.6 Å². The van der Waals surface area contributed by atoms with E-state index in [0.717, 1.165) is 17.8 Å². The number of nitrogens with zero attached hydrogens (tertiary/aromatic N) is 3. The van der Waals surface area contributed by atoms with Crippen LogP contribution in [0, 0.1) is 0 Å². The minimum atomic E-state index is -4.66. The Hall–Kier alpha value is -2.91. The highest BCUT2D eigenvalue weighted by atomic mass is 35.5. The van der Waals surface area contributed by atoms with E-state index >= 15 is 0 Å². The van der Waals surface area contributed by atoms with Crippen molar-refractivity contribution in [2.45, 2.75) is 12.7 Å². The minimum absolute atomic E-state index is 0.0390. The average molecular weight is 437 g/mol. The van der Waals surface area contributed by atoms with Crippen LogP contribution in [0.2, 0.25) is 5.02 Å². The van der Waals surface area contributed by atoms with Crippen molar-refractivity contribution in [3.8, 4) is 10.6 Å². The number of hydrogen-bond donors (Lipinski definition) is 1. The van der Waals surface area contributed by atoms with Gasteiger partial charge in [0.15, 0.2) is 11.3 Å². The first-order valence-electron chi connectivity index (χ1n) is 8.35. The summed E-state index contributed by atoms with van der Waals surface area (Å²) in [4.78, 5) is 17.4. The first-order chi connectivity index (χ1) is 13.8. The minimum Gasteiger partial charge on any atom is -0.348 e. The molecule has 3 heterocycles. The van der Waals surface area contributed by atoms with E-state index < -0.39 is 17.8 Å². The topological polar surface area (TPSA) is 59.3 Å². The van der Waals surface area contributed by atoms with Crippen LogP contribution in [-0.4, -0.2) is 20.5 Å². The van der Waals surface area contributed by atoms with E-state index in [4.69, 9.17) is 11.6 Å². The Bertz CT molecular complexity index is 1170. The zero-order valence-corrected chi connectivity index (χ0v) is 16.1. The summed E-state index contributed by atoms with van der Waals surface area (Å²) in [5, 5.41) is 8.73. The molecule has 0 saturated heterocycles. The molecule has 1 N–H and O–H groups in total. The second-order valence-corrected chi connectivity index (χ2v) is 7.49. The van der Waals surface area contributed by atoms with Gasteiger partial charge in [0.1, 0.15) is 5.56 Å². The summed E-state index contributed by atoms with van der Waals surface area (Å²) in [5.41, 5.74) is -0.267. The van der Waals surface area contributed by atoms with Crippen molar-refractivity contribution in [2.75, 3.05) is 0 Å². The van der Waals surface area contributed by atoms with Gasteiger partial charge in [-0.1, -0.05) is 29.8 Å². The highest BCUT2D eigenvalue weighted by Crippen LogP contribution is 2.33. The van der Waals surface area contributed by atoms with Crippen molar-refractivity contribution in [1.82, 2.24) is 19.9 Å². The van der Waals surface area contributed by atoms with Gasteiger partial charge in [-0.25, -0.2) is 9.50 Å². The largest absolute Gasteiger partial charge is 0.433 e. The molecule has 1 amide bonds. The van der Waals surface area contributed by atoms with Gasteiger partial charge >= 0.3 is 6.18 Å². The van der Waals surface area contributed by atoms with E-state index in [9.17, 15) is 18.0 Å². The summed E-state index contributed by atoms with van der Waals surface area (Å²) in [6, 6.07) is 11.2. The number of aromatic nitrogens is 3. The lowest BCUT2D eigenvalue weighted by Gasteiger charge is -2.11. The van der Waals surface area contributed by atoms with Gasteiger partial charge in [-0.15, -0.1) is 11.3 Å². The lowest BCUT2D eigenvalue weighted by Crippen LogP contribution is -2.23. The molecule has 1 aromatic carbocycles. The molecule has 5 nitrogen and oxygen atoms in total. The fourth-order valence-corrected chi connectivity index (χ4v) is 3.57. The summed E-state index contributed by atoms with van der Waals surface area (Å²) in [6.07, 6.45) is -3.57. The summed E-state index contributed by atoms with van der Waals surface area (Å²) in [6.45, 7) is 0.185. The molecule has 0 saturated carbocycles. The highest BCUT2D eigenvalue weighted by Gasteiger charge is 2.36. The Balaban J connectivity index is 1.72. The van der Waals surface area contributed by atoms with Crippen molar-refractivity contribution < 1.29 is 18.0 Å². The predicted molar refractivity (Wildman–Crippen MR) is 104 cm³/mol. The van der Waals surface area contributed by atoms with Crippen molar-refractivity contribution in [3.05, 3.63) is 75.9 Å². The number of amides is 1. The zero-order valence-electron chi connectivity index (χ0n) is 14.6. The molecule has 148 valence electrons. The quantitative estimate of drug-likeness (QED) is 0.486. The molecule has 10 heteroatoms. The molecule has 0 fully saturated rings. The molecule has 0 atom stereocenters. The monoisotopic (exact) mass is 436 g/mol. The molecule has 29 heavy (non-hydrogen) atoms. The van der Waals surface area contributed by atoms with Crippen molar-refractivity contribution in [2.24, 2.45) is 0 Å². The SMILES string of the molecule is O=C(NCc1ccc(Cl)cc1)c1cnn2c(C(F)(F)F)cc(-c3cccs3)nc12. The normalized spacial score (nSPS) is 11.7. The Kier molecular flexibility index (Phi) is 5.01.